The van der Waals surface area contributed by atoms with Gasteiger partial charge in [0.25, 0.3) is 0 Å². The molecule has 0 bridgehead atoms. The molecule has 0 aliphatic rings. The molecule has 0 saturated carbocycles. The summed E-state index contributed by atoms with van der Waals surface area (Å²) in [4.78, 5) is 0. The lowest BCUT2D eigenvalue weighted by Crippen LogP contribution is -2.01. The van der Waals surface area contributed by atoms with Gasteiger partial charge in [-0.1, -0.05) is 18.2 Å². The summed E-state index contributed by atoms with van der Waals surface area (Å²) in [7, 11) is 3.34. The van der Waals surface area contributed by atoms with E-state index in [0.29, 0.717) is 6.54 Å². The molecule has 0 aliphatic carbocycles. The number of rotatable bonds is 5. The predicted octanol–water partition coefficient (Wildman–Crippen LogP) is 4.08. The molecule has 0 spiro atoms. The van der Waals surface area contributed by atoms with Gasteiger partial charge in [-0.05, 0) is 40.2 Å². The normalized spacial score (nSPS) is 10.1. The van der Waals surface area contributed by atoms with Gasteiger partial charge in [0.05, 0.1) is 18.7 Å². The van der Waals surface area contributed by atoms with Crippen LogP contribution in [0, 0.1) is 0 Å². The second-order valence-electron chi connectivity index (χ2n) is 4.01. The first kappa shape index (κ1) is 13.7. The van der Waals surface area contributed by atoms with Gasteiger partial charge in [-0.2, -0.15) is 0 Å². The van der Waals surface area contributed by atoms with Crippen molar-refractivity contribution in [3.63, 3.8) is 0 Å². The van der Waals surface area contributed by atoms with Gasteiger partial charge in [-0.3, -0.25) is 0 Å². The van der Waals surface area contributed by atoms with E-state index in [1.807, 2.05) is 42.5 Å². The molecule has 0 saturated heterocycles. The number of halogens is 1. The van der Waals surface area contributed by atoms with Crippen LogP contribution in [0.15, 0.2) is 46.9 Å². The van der Waals surface area contributed by atoms with Crippen molar-refractivity contribution in [2.75, 3.05) is 19.5 Å². The van der Waals surface area contributed by atoms with Crippen LogP contribution in [0.25, 0.3) is 0 Å². The molecule has 2 aromatic rings. The molecule has 2 rings (SSSR count). The van der Waals surface area contributed by atoms with E-state index in [1.165, 1.54) is 0 Å². The van der Waals surface area contributed by atoms with Crippen LogP contribution in [-0.4, -0.2) is 14.2 Å². The van der Waals surface area contributed by atoms with E-state index in [0.717, 1.165) is 27.2 Å². The average Bonchev–Trinajstić information content (AvgIpc) is 2.45. The maximum absolute atomic E-state index is 5.32. The Labute approximate surface area is 121 Å². The third kappa shape index (κ3) is 3.41. The molecule has 0 radical (unpaired) electrons. The van der Waals surface area contributed by atoms with Crippen molar-refractivity contribution in [2.24, 2.45) is 0 Å². The van der Waals surface area contributed by atoms with Crippen molar-refractivity contribution < 1.29 is 9.47 Å². The Kier molecular flexibility index (Phi) is 4.68. The SMILES string of the molecule is COc1ccc(NCc2ccccc2OC)cc1Br. The smallest absolute Gasteiger partial charge is 0.133 e. The Balaban J connectivity index is 2.08. The minimum Gasteiger partial charge on any atom is -0.496 e. The zero-order chi connectivity index (χ0) is 13.7. The van der Waals surface area contributed by atoms with Gasteiger partial charge in [-0.25, -0.2) is 0 Å². The fraction of sp³-hybridized carbons (Fsp3) is 0.200. The number of benzene rings is 2. The van der Waals surface area contributed by atoms with Crippen molar-refractivity contribution in [2.45, 2.75) is 6.54 Å². The minimum atomic E-state index is 0.711. The molecule has 100 valence electrons. The van der Waals surface area contributed by atoms with Crippen molar-refractivity contribution in [3.05, 3.63) is 52.5 Å². The number of hydrogen-bond acceptors (Lipinski definition) is 3. The van der Waals surface area contributed by atoms with Gasteiger partial charge in [-0.15, -0.1) is 0 Å². The molecule has 2 aromatic carbocycles. The van der Waals surface area contributed by atoms with Crippen molar-refractivity contribution in [1.82, 2.24) is 0 Å². The quantitative estimate of drug-likeness (QED) is 0.900. The van der Waals surface area contributed by atoms with Crippen LogP contribution in [0.2, 0.25) is 0 Å². The van der Waals surface area contributed by atoms with E-state index in [4.69, 9.17) is 9.47 Å². The highest BCUT2D eigenvalue weighted by atomic mass is 79.9. The zero-order valence-electron chi connectivity index (χ0n) is 10.9. The lowest BCUT2D eigenvalue weighted by molar-refractivity contribution is 0.410. The topological polar surface area (TPSA) is 30.5 Å². The monoisotopic (exact) mass is 321 g/mol. The number of anilines is 1. The van der Waals surface area contributed by atoms with E-state index >= 15 is 0 Å². The highest BCUT2D eigenvalue weighted by Gasteiger charge is 2.03. The summed E-state index contributed by atoms with van der Waals surface area (Å²) in [5, 5.41) is 3.36. The van der Waals surface area contributed by atoms with Gasteiger partial charge in [0, 0.05) is 17.8 Å². The first-order chi connectivity index (χ1) is 9.24. The molecule has 1 N–H and O–H groups in total. The van der Waals surface area contributed by atoms with E-state index in [2.05, 4.69) is 21.2 Å². The Morgan fingerprint density at radius 2 is 1.74 bits per heavy atom. The number of ether oxygens (including phenoxy) is 2. The van der Waals surface area contributed by atoms with Crippen LogP contribution in [0.4, 0.5) is 5.69 Å². The number of hydrogen-bond donors (Lipinski definition) is 1. The Hall–Kier alpha value is -1.68. The predicted molar refractivity (Wildman–Crippen MR) is 81.0 cm³/mol. The number of nitrogens with one attached hydrogen (secondary N) is 1. The second-order valence-corrected chi connectivity index (χ2v) is 4.87. The van der Waals surface area contributed by atoms with Crippen LogP contribution < -0.4 is 14.8 Å². The van der Waals surface area contributed by atoms with Crippen LogP contribution >= 0.6 is 15.9 Å². The maximum Gasteiger partial charge on any atom is 0.133 e. The average molecular weight is 322 g/mol. The molecule has 0 aromatic heterocycles. The molecule has 0 aliphatic heterocycles. The van der Waals surface area contributed by atoms with Crippen LogP contribution in [0.3, 0.4) is 0 Å². The van der Waals surface area contributed by atoms with E-state index in [1.54, 1.807) is 14.2 Å². The van der Waals surface area contributed by atoms with Gasteiger partial charge in [0.15, 0.2) is 0 Å². The number of para-hydroxylation sites is 1. The third-order valence-corrected chi connectivity index (χ3v) is 3.45. The van der Waals surface area contributed by atoms with Gasteiger partial charge < -0.3 is 14.8 Å². The highest BCUT2D eigenvalue weighted by molar-refractivity contribution is 9.10. The fourth-order valence-corrected chi connectivity index (χ4v) is 2.36. The second kappa shape index (κ2) is 6.48. The standard InChI is InChI=1S/C15H16BrNO2/c1-18-14-6-4-3-5-11(14)10-17-12-7-8-15(19-2)13(16)9-12/h3-9,17H,10H2,1-2H3. The van der Waals surface area contributed by atoms with Crippen LogP contribution in [0.5, 0.6) is 11.5 Å². The molecule has 0 atom stereocenters. The molecular formula is C15H16BrNO2. The summed E-state index contributed by atoms with van der Waals surface area (Å²) >= 11 is 3.47. The van der Waals surface area contributed by atoms with E-state index < -0.39 is 0 Å². The largest absolute Gasteiger partial charge is 0.496 e. The fourth-order valence-electron chi connectivity index (χ4n) is 1.82. The lowest BCUT2D eigenvalue weighted by atomic mass is 10.2. The summed E-state index contributed by atoms with van der Waals surface area (Å²) in [6, 6.07) is 13.9. The van der Waals surface area contributed by atoms with Crippen molar-refractivity contribution in [3.8, 4) is 11.5 Å². The lowest BCUT2D eigenvalue weighted by Gasteiger charge is -2.11. The molecule has 0 unspecified atom stereocenters. The molecule has 0 fully saturated rings. The molecule has 0 heterocycles. The van der Waals surface area contributed by atoms with Crippen molar-refractivity contribution in [1.29, 1.82) is 0 Å². The number of methoxy groups -OCH3 is 2. The maximum atomic E-state index is 5.32. The molecule has 19 heavy (non-hydrogen) atoms. The Bertz CT molecular complexity index is 558. The molecule has 0 amide bonds. The summed E-state index contributed by atoms with van der Waals surface area (Å²) in [5.74, 6) is 1.71. The van der Waals surface area contributed by atoms with Gasteiger partial charge in [0.2, 0.25) is 0 Å². The van der Waals surface area contributed by atoms with Gasteiger partial charge in [0.1, 0.15) is 11.5 Å². The minimum absolute atomic E-state index is 0.711. The zero-order valence-corrected chi connectivity index (χ0v) is 12.5. The first-order valence-corrected chi connectivity index (χ1v) is 6.73. The summed E-state index contributed by atoms with van der Waals surface area (Å²) in [5.41, 5.74) is 2.15. The summed E-state index contributed by atoms with van der Waals surface area (Å²) in [6.45, 7) is 0.711. The van der Waals surface area contributed by atoms with E-state index in [-0.39, 0.29) is 0 Å². The van der Waals surface area contributed by atoms with Crippen LogP contribution in [-0.2, 0) is 6.54 Å². The van der Waals surface area contributed by atoms with Gasteiger partial charge >= 0.3 is 0 Å². The van der Waals surface area contributed by atoms with Crippen LogP contribution in [0.1, 0.15) is 5.56 Å². The molecule has 3 nitrogen and oxygen atoms in total. The molecule has 4 heteroatoms. The summed E-state index contributed by atoms with van der Waals surface area (Å²) < 4.78 is 11.5. The highest BCUT2D eigenvalue weighted by Crippen LogP contribution is 2.28. The summed E-state index contributed by atoms with van der Waals surface area (Å²) in [6.07, 6.45) is 0. The Morgan fingerprint density at radius 1 is 1.00 bits per heavy atom. The Morgan fingerprint density at radius 3 is 2.42 bits per heavy atom. The van der Waals surface area contributed by atoms with Crippen molar-refractivity contribution >= 4 is 21.6 Å². The third-order valence-electron chi connectivity index (χ3n) is 2.83. The first-order valence-electron chi connectivity index (χ1n) is 5.94. The van der Waals surface area contributed by atoms with E-state index in [9.17, 15) is 0 Å². The molecular weight excluding hydrogens is 306 g/mol.